The Kier molecular flexibility index (Phi) is 3.09. The van der Waals surface area contributed by atoms with Crippen molar-refractivity contribution in [2.24, 2.45) is 18.4 Å². The summed E-state index contributed by atoms with van der Waals surface area (Å²) in [4.78, 5) is 16.2. The molecule has 2 heterocycles. The van der Waals surface area contributed by atoms with E-state index in [9.17, 15) is 4.79 Å². The van der Waals surface area contributed by atoms with Crippen molar-refractivity contribution in [1.82, 2.24) is 20.2 Å². The fraction of sp³-hybridized carbons (Fsp3) is 0.714. The number of imidazole rings is 1. The van der Waals surface area contributed by atoms with Gasteiger partial charge < -0.3 is 15.2 Å². The monoisotopic (exact) mass is 262 g/mol. The van der Waals surface area contributed by atoms with Crippen LogP contribution < -0.4 is 10.6 Å². The number of aromatic nitrogens is 2. The highest BCUT2D eigenvalue weighted by molar-refractivity contribution is 5.84. The second kappa shape index (κ2) is 4.63. The van der Waals surface area contributed by atoms with Gasteiger partial charge in [0.1, 0.15) is 0 Å². The number of hydrogen-bond acceptors (Lipinski definition) is 3. The van der Waals surface area contributed by atoms with E-state index >= 15 is 0 Å². The van der Waals surface area contributed by atoms with E-state index in [-0.39, 0.29) is 11.3 Å². The predicted molar refractivity (Wildman–Crippen MR) is 72.7 cm³/mol. The van der Waals surface area contributed by atoms with Gasteiger partial charge in [-0.25, -0.2) is 4.98 Å². The number of nitrogens with one attached hydrogen (secondary N) is 2. The van der Waals surface area contributed by atoms with Crippen molar-refractivity contribution < 1.29 is 4.79 Å². The summed E-state index contributed by atoms with van der Waals surface area (Å²) in [7, 11) is 2.03. The molecule has 2 aliphatic rings. The highest BCUT2D eigenvalue weighted by Crippen LogP contribution is 2.45. The van der Waals surface area contributed by atoms with Crippen LogP contribution in [0.4, 0.5) is 0 Å². The van der Waals surface area contributed by atoms with Crippen molar-refractivity contribution >= 4 is 5.91 Å². The lowest BCUT2D eigenvalue weighted by Gasteiger charge is -2.20. The molecule has 19 heavy (non-hydrogen) atoms. The molecule has 1 aromatic heterocycles. The van der Waals surface area contributed by atoms with E-state index in [0.717, 1.165) is 32.5 Å². The quantitative estimate of drug-likeness (QED) is 0.837. The zero-order valence-electron chi connectivity index (χ0n) is 11.6. The third-order valence-electron chi connectivity index (χ3n) is 4.65. The zero-order chi connectivity index (χ0) is 13.5. The van der Waals surface area contributed by atoms with Gasteiger partial charge in [-0.15, -0.1) is 0 Å². The van der Waals surface area contributed by atoms with Crippen LogP contribution in [0.15, 0.2) is 12.5 Å². The lowest BCUT2D eigenvalue weighted by Crippen LogP contribution is -2.36. The van der Waals surface area contributed by atoms with Crippen molar-refractivity contribution in [3.8, 4) is 0 Å². The molecule has 3 rings (SSSR count). The van der Waals surface area contributed by atoms with Gasteiger partial charge in [0.15, 0.2) is 0 Å². The van der Waals surface area contributed by atoms with E-state index in [1.807, 2.05) is 26.5 Å². The minimum Gasteiger partial charge on any atom is -0.355 e. The van der Waals surface area contributed by atoms with Gasteiger partial charge in [-0.3, -0.25) is 4.79 Å². The molecular weight excluding hydrogens is 240 g/mol. The standard InChI is InChI=1S/C14H22N4O/c1-14(3-4-14)13(19)17-6-10-5-15-7-11(10)12-8-16-9-18(12)2/h8-11,15H,3-7H2,1-2H3,(H,17,19)/t10-,11+/m0/s1. The fourth-order valence-electron chi connectivity index (χ4n) is 2.87. The third kappa shape index (κ3) is 2.39. The first kappa shape index (κ1) is 12.7. The number of carbonyl (C=O) groups is 1. The summed E-state index contributed by atoms with van der Waals surface area (Å²) < 4.78 is 2.08. The Bertz CT molecular complexity index is 478. The van der Waals surface area contributed by atoms with Crippen LogP contribution in [0.2, 0.25) is 0 Å². The Balaban J connectivity index is 1.61. The lowest BCUT2D eigenvalue weighted by molar-refractivity contribution is -0.125. The predicted octanol–water partition coefficient (Wildman–Crippen LogP) is 0.639. The molecule has 1 aromatic rings. The van der Waals surface area contributed by atoms with Crippen LogP contribution in [0.5, 0.6) is 0 Å². The summed E-state index contributed by atoms with van der Waals surface area (Å²) in [5.41, 5.74) is 1.18. The Morgan fingerprint density at radius 3 is 3.00 bits per heavy atom. The Labute approximate surface area is 113 Å². The van der Waals surface area contributed by atoms with Gasteiger partial charge in [-0.2, -0.15) is 0 Å². The molecule has 5 nitrogen and oxygen atoms in total. The molecule has 2 fully saturated rings. The van der Waals surface area contributed by atoms with Gasteiger partial charge in [0.25, 0.3) is 0 Å². The number of rotatable bonds is 4. The van der Waals surface area contributed by atoms with E-state index < -0.39 is 0 Å². The minimum atomic E-state index is -0.0753. The first-order valence-electron chi connectivity index (χ1n) is 7.05. The topological polar surface area (TPSA) is 59.0 Å². The highest BCUT2D eigenvalue weighted by Gasteiger charge is 2.45. The molecule has 2 atom stereocenters. The SMILES string of the molecule is Cn1cncc1[C@@H]1CNC[C@H]1CNC(=O)C1(C)CC1. The molecule has 0 radical (unpaired) electrons. The van der Waals surface area contributed by atoms with Crippen LogP contribution in [-0.2, 0) is 11.8 Å². The van der Waals surface area contributed by atoms with Crippen LogP contribution >= 0.6 is 0 Å². The van der Waals surface area contributed by atoms with Crippen LogP contribution in [0, 0.1) is 11.3 Å². The largest absolute Gasteiger partial charge is 0.355 e. The molecule has 1 saturated carbocycles. The van der Waals surface area contributed by atoms with Crippen LogP contribution in [0.1, 0.15) is 31.4 Å². The van der Waals surface area contributed by atoms with Crippen molar-refractivity contribution in [3.05, 3.63) is 18.2 Å². The second-order valence-corrected chi connectivity index (χ2v) is 6.22. The summed E-state index contributed by atoms with van der Waals surface area (Å²) in [6.45, 7) is 4.75. The maximum absolute atomic E-state index is 12.0. The van der Waals surface area contributed by atoms with Crippen LogP contribution in [0.3, 0.4) is 0 Å². The summed E-state index contributed by atoms with van der Waals surface area (Å²) in [6, 6.07) is 0. The normalized spacial score (nSPS) is 28.3. The average molecular weight is 262 g/mol. The maximum atomic E-state index is 12.0. The van der Waals surface area contributed by atoms with E-state index in [0.29, 0.717) is 11.8 Å². The molecule has 0 bridgehead atoms. The maximum Gasteiger partial charge on any atom is 0.225 e. The number of amides is 1. The third-order valence-corrected chi connectivity index (χ3v) is 4.65. The van der Waals surface area contributed by atoms with Crippen molar-refractivity contribution in [1.29, 1.82) is 0 Å². The average Bonchev–Trinajstić information content (AvgIpc) is 2.82. The van der Waals surface area contributed by atoms with Gasteiger partial charge in [-0.1, -0.05) is 6.92 Å². The molecular formula is C14H22N4O. The molecule has 0 spiro atoms. The molecule has 1 saturated heterocycles. The van der Waals surface area contributed by atoms with E-state index in [1.54, 1.807) is 0 Å². The molecule has 0 unspecified atom stereocenters. The number of aryl methyl sites for hydroxylation is 1. The number of nitrogens with zero attached hydrogens (tertiary/aromatic N) is 2. The fourth-order valence-corrected chi connectivity index (χ4v) is 2.87. The summed E-state index contributed by atoms with van der Waals surface area (Å²) in [5, 5.41) is 6.55. The highest BCUT2D eigenvalue weighted by atomic mass is 16.2. The minimum absolute atomic E-state index is 0.0753. The first-order valence-corrected chi connectivity index (χ1v) is 7.05. The van der Waals surface area contributed by atoms with Gasteiger partial charge in [0.2, 0.25) is 5.91 Å². The van der Waals surface area contributed by atoms with Crippen LogP contribution in [-0.4, -0.2) is 35.1 Å². The van der Waals surface area contributed by atoms with Gasteiger partial charge in [0.05, 0.1) is 6.33 Å². The number of carbonyl (C=O) groups excluding carboxylic acids is 1. The molecule has 1 aliphatic carbocycles. The second-order valence-electron chi connectivity index (χ2n) is 6.22. The molecule has 1 amide bonds. The van der Waals surface area contributed by atoms with E-state index in [1.165, 1.54) is 5.69 Å². The van der Waals surface area contributed by atoms with Crippen molar-refractivity contribution in [2.45, 2.75) is 25.7 Å². The summed E-state index contributed by atoms with van der Waals surface area (Å²) in [5.74, 6) is 1.13. The van der Waals surface area contributed by atoms with Gasteiger partial charge in [0, 0.05) is 49.9 Å². The Hall–Kier alpha value is -1.36. The van der Waals surface area contributed by atoms with E-state index in [4.69, 9.17) is 0 Å². The molecule has 2 N–H and O–H groups in total. The van der Waals surface area contributed by atoms with Crippen molar-refractivity contribution in [2.75, 3.05) is 19.6 Å². The van der Waals surface area contributed by atoms with E-state index in [2.05, 4.69) is 20.2 Å². The molecule has 1 aliphatic heterocycles. The molecule has 0 aromatic carbocycles. The molecule has 104 valence electrons. The van der Waals surface area contributed by atoms with Gasteiger partial charge >= 0.3 is 0 Å². The first-order chi connectivity index (χ1) is 9.10. The Morgan fingerprint density at radius 2 is 2.37 bits per heavy atom. The van der Waals surface area contributed by atoms with Crippen molar-refractivity contribution in [3.63, 3.8) is 0 Å². The zero-order valence-corrected chi connectivity index (χ0v) is 11.6. The number of hydrogen-bond donors (Lipinski definition) is 2. The summed E-state index contributed by atoms with van der Waals surface area (Å²) in [6.07, 6.45) is 5.85. The lowest BCUT2D eigenvalue weighted by atomic mass is 9.92. The van der Waals surface area contributed by atoms with Crippen LogP contribution in [0.25, 0.3) is 0 Å². The summed E-state index contributed by atoms with van der Waals surface area (Å²) >= 11 is 0. The smallest absolute Gasteiger partial charge is 0.225 e. The van der Waals surface area contributed by atoms with Gasteiger partial charge in [-0.05, 0) is 18.8 Å². The molecule has 5 heteroatoms. The Morgan fingerprint density at radius 1 is 1.58 bits per heavy atom.